The molecule has 3 heteroatoms. The van der Waals surface area contributed by atoms with Crippen LogP contribution in [0.4, 0.5) is 0 Å². The van der Waals surface area contributed by atoms with Crippen LogP contribution in [0.15, 0.2) is 24.4 Å². The average molecular weight is 234 g/mol. The van der Waals surface area contributed by atoms with Crippen LogP contribution in [0.5, 0.6) is 0 Å². The lowest BCUT2D eigenvalue weighted by Crippen LogP contribution is -2.42. The molecule has 2 atom stereocenters. The van der Waals surface area contributed by atoms with E-state index in [4.69, 9.17) is 0 Å². The number of pyridine rings is 1. The van der Waals surface area contributed by atoms with Crippen LogP contribution in [0.1, 0.15) is 38.3 Å². The molecule has 2 N–H and O–H groups in total. The molecule has 1 aromatic rings. The maximum Gasteiger partial charge on any atom is 0.0689 e. The highest BCUT2D eigenvalue weighted by atomic mass is 16.3. The topological polar surface area (TPSA) is 45.2 Å². The monoisotopic (exact) mass is 234 g/mol. The van der Waals surface area contributed by atoms with Crippen molar-refractivity contribution < 1.29 is 5.11 Å². The Bertz CT molecular complexity index is 331. The molecule has 3 nitrogen and oxygen atoms in total. The second-order valence-corrected chi connectivity index (χ2v) is 5.35. The first-order valence-corrected chi connectivity index (χ1v) is 6.51. The molecule has 0 amide bonds. The molecular weight excluding hydrogens is 212 g/mol. The van der Waals surface area contributed by atoms with Crippen molar-refractivity contribution >= 4 is 0 Å². The zero-order valence-corrected chi connectivity index (χ0v) is 10.5. The molecule has 2 heterocycles. The summed E-state index contributed by atoms with van der Waals surface area (Å²) >= 11 is 0. The van der Waals surface area contributed by atoms with Crippen LogP contribution in [0.25, 0.3) is 0 Å². The van der Waals surface area contributed by atoms with Crippen molar-refractivity contribution in [1.82, 2.24) is 10.3 Å². The van der Waals surface area contributed by atoms with Crippen LogP contribution in [-0.2, 0) is 6.42 Å². The van der Waals surface area contributed by atoms with Gasteiger partial charge in [0.05, 0.1) is 5.60 Å². The minimum atomic E-state index is -0.663. The molecule has 0 spiro atoms. The quantitative estimate of drug-likeness (QED) is 0.836. The van der Waals surface area contributed by atoms with Crippen LogP contribution in [0.2, 0.25) is 0 Å². The van der Waals surface area contributed by atoms with E-state index in [9.17, 15) is 5.11 Å². The van der Waals surface area contributed by atoms with Crippen LogP contribution in [-0.4, -0.2) is 28.3 Å². The highest BCUT2D eigenvalue weighted by Crippen LogP contribution is 2.21. The van der Waals surface area contributed by atoms with Gasteiger partial charge in [-0.1, -0.05) is 12.5 Å². The van der Waals surface area contributed by atoms with Crippen LogP contribution in [0, 0.1) is 0 Å². The Hall–Kier alpha value is -0.930. The Labute approximate surface area is 103 Å². The third kappa shape index (κ3) is 4.10. The molecule has 1 saturated heterocycles. The number of hydrogen-bond donors (Lipinski definition) is 2. The van der Waals surface area contributed by atoms with E-state index in [1.807, 2.05) is 25.1 Å². The number of rotatable bonds is 4. The number of nitrogens with zero attached hydrogens (tertiary/aromatic N) is 1. The van der Waals surface area contributed by atoms with E-state index in [0.717, 1.165) is 18.7 Å². The Balaban J connectivity index is 1.89. The Kier molecular flexibility index (Phi) is 4.13. The summed E-state index contributed by atoms with van der Waals surface area (Å²) in [6.07, 6.45) is 6.94. The number of aliphatic hydroxyl groups is 1. The first kappa shape index (κ1) is 12.5. The zero-order valence-electron chi connectivity index (χ0n) is 10.5. The predicted molar refractivity (Wildman–Crippen MR) is 68.8 cm³/mol. The van der Waals surface area contributed by atoms with Gasteiger partial charge in [-0.2, -0.15) is 0 Å². The van der Waals surface area contributed by atoms with Crippen molar-refractivity contribution in [1.29, 1.82) is 0 Å². The van der Waals surface area contributed by atoms with E-state index in [1.165, 1.54) is 19.3 Å². The summed E-state index contributed by atoms with van der Waals surface area (Å²) in [7, 11) is 0. The molecule has 0 radical (unpaired) electrons. The van der Waals surface area contributed by atoms with E-state index < -0.39 is 5.60 Å². The maximum atomic E-state index is 10.4. The van der Waals surface area contributed by atoms with Gasteiger partial charge in [-0.25, -0.2) is 0 Å². The van der Waals surface area contributed by atoms with Crippen molar-refractivity contribution in [3.63, 3.8) is 0 Å². The Morgan fingerprint density at radius 2 is 2.35 bits per heavy atom. The fraction of sp³-hybridized carbons (Fsp3) is 0.643. The lowest BCUT2D eigenvalue weighted by atomic mass is 9.88. The lowest BCUT2D eigenvalue weighted by molar-refractivity contribution is 0.0362. The highest BCUT2D eigenvalue weighted by Gasteiger charge is 2.27. The SMILES string of the molecule is CC(O)(Cc1ccccn1)CC1CCCCN1. The van der Waals surface area contributed by atoms with E-state index in [-0.39, 0.29) is 0 Å². The van der Waals surface area contributed by atoms with Gasteiger partial charge in [-0.05, 0) is 44.9 Å². The lowest BCUT2D eigenvalue weighted by Gasteiger charge is -2.31. The van der Waals surface area contributed by atoms with Gasteiger partial charge in [-0.3, -0.25) is 4.98 Å². The number of hydrogen-bond acceptors (Lipinski definition) is 3. The molecule has 1 fully saturated rings. The van der Waals surface area contributed by atoms with E-state index in [0.29, 0.717) is 12.5 Å². The first-order chi connectivity index (χ1) is 8.16. The molecule has 0 saturated carbocycles. The summed E-state index contributed by atoms with van der Waals surface area (Å²) in [5.74, 6) is 0. The van der Waals surface area contributed by atoms with Crippen LogP contribution >= 0.6 is 0 Å². The molecule has 0 aromatic carbocycles. The number of piperidine rings is 1. The van der Waals surface area contributed by atoms with Gasteiger partial charge >= 0.3 is 0 Å². The summed E-state index contributed by atoms with van der Waals surface area (Å²) < 4.78 is 0. The van der Waals surface area contributed by atoms with Gasteiger partial charge in [0.25, 0.3) is 0 Å². The molecule has 1 aliphatic heterocycles. The average Bonchev–Trinajstić information content (AvgIpc) is 2.30. The summed E-state index contributed by atoms with van der Waals surface area (Å²) in [6.45, 7) is 3.00. The number of nitrogens with one attached hydrogen (secondary N) is 1. The molecule has 2 unspecified atom stereocenters. The van der Waals surface area contributed by atoms with Crippen LogP contribution in [0.3, 0.4) is 0 Å². The summed E-state index contributed by atoms with van der Waals surface area (Å²) in [4.78, 5) is 4.28. The van der Waals surface area contributed by atoms with Crippen molar-refractivity contribution in [2.24, 2.45) is 0 Å². The van der Waals surface area contributed by atoms with Crippen LogP contribution < -0.4 is 5.32 Å². The fourth-order valence-electron chi connectivity index (χ4n) is 2.59. The first-order valence-electron chi connectivity index (χ1n) is 6.51. The Morgan fingerprint density at radius 1 is 1.47 bits per heavy atom. The smallest absolute Gasteiger partial charge is 0.0689 e. The van der Waals surface area contributed by atoms with Crippen molar-refractivity contribution in [3.05, 3.63) is 30.1 Å². The molecule has 0 aliphatic carbocycles. The summed E-state index contributed by atoms with van der Waals surface area (Å²) in [5.41, 5.74) is 0.303. The summed E-state index contributed by atoms with van der Waals surface area (Å²) in [5, 5.41) is 13.9. The van der Waals surface area contributed by atoms with Gasteiger partial charge < -0.3 is 10.4 Å². The van der Waals surface area contributed by atoms with Crippen molar-refractivity contribution in [3.8, 4) is 0 Å². The third-order valence-electron chi connectivity index (χ3n) is 3.39. The van der Waals surface area contributed by atoms with Gasteiger partial charge in [0.15, 0.2) is 0 Å². The molecule has 17 heavy (non-hydrogen) atoms. The normalized spacial score (nSPS) is 24.2. The number of aromatic nitrogens is 1. The summed E-state index contributed by atoms with van der Waals surface area (Å²) in [6, 6.07) is 6.31. The van der Waals surface area contributed by atoms with E-state index >= 15 is 0 Å². The second kappa shape index (κ2) is 5.61. The minimum absolute atomic E-state index is 0.461. The molecular formula is C14H22N2O. The molecule has 1 aromatic heterocycles. The standard InChI is InChI=1S/C14H22N2O/c1-14(17,10-12-6-2-4-8-15-12)11-13-7-3-5-9-16-13/h2,4,6,8,13,16-17H,3,5,7,9-11H2,1H3. The van der Waals surface area contributed by atoms with Crippen molar-refractivity contribution in [2.75, 3.05) is 6.54 Å². The third-order valence-corrected chi connectivity index (χ3v) is 3.39. The van der Waals surface area contributed by atoms with Gasteiger partial charge in [-0.15, -0.1) is 0 Å². The van der Waals surface area contributed by atoms with E-state index in [2.05, 4.69) is 10.3 Å². The highest BCUT2D eigenvalue weighted by molar-refractivity contribution is 5.07. The molecule has 1 aliphatic rings. The van der Waals surface area contributed by atoms with Gasteiger partial charge in [0.1, 0.15) is 0 Å². The molecule has 2 rings (SSSR count). The molecule has 94 valence electrons. The van der Waals surface area contributed by atoms with E-state index in [1.54, 1.807) is 6.20 Å². The predicted octanol–water partition coefficient (Wildman–Crippen LogP) is 1.91. The Morgan fingerprint density at radius 3 is 3.00 bits per heavy atom. The second-order valence-electron chi connectivity index (χ2n) is 5.35. The van der Waals surface area contributed by atoms with Gasteiger partial charge in [0, 0.05) is 24.4 Å². The molecule has 0 bridgehead atoms. The van der Waals surface area contributed by atoms with Gasteiger partial charge in [0.2, 0.25) is 0 Å². The maximum absolute atomic E-state index is 10.4. The zero-order chi connectivity index (χ0) is 12.1. The fourth-order valence-corrected chi connectivity index (χ4v) is 2.59. The largest absolute Gasteiger partial charge is 0.390 e. The minimum Gasteiger partial charge on any atom is -0.390 e. The van der Waals surface area contributed by atoms with Crippen molar-refractivity contribution in [2.45, 2.75) is 50.7 Å².